The molecule has 0 amide bonds. The maximum absolute atomic E-state index is 13.0. The van der Waals surface area contributed by atoms with Gasteiger partial charge in [0, 0.05) is 11.8 Å². The third-order valence-electron chi connectivity index (χ3n) is 6.09. The van der Waals surface area contributed by atoms with Gasteiger partial charge in [0.05, 0.1) is 15.8 Å². The SMILES string of the molecule is CCc1ccc(Oc2nc3ccc(N=O)cc3s2)cc1C1=C(O)[C@H]2CC[C@H](C2)C1=O. The Morgan fingerprint density at radius 1 is 1.20 bits per heavy atom. The number of Topliss-reactive ketones (excluding diaryl/α,β-unsaturated/α-hetero) is 1. The van der Waals surface area contributed by atoms with E-state index in [0.29, 0.717) is 22.2 Å². The summed E-state index contributed by atoms with van der Waals surface area (Å²) in [6, 6.07) is 10.7. The maximum Gasteiger partial charge on any atom is 0.279 e. The summed E-state index contributed by atoms with van der Waals surface area (Å²) in [6.45, 7) is 2.03. The fourth-order valence-corrected chi connectivity index (χ4v) is 5.39. The number of rotatable bonds is 5. The van der Waals surface area contributed by atoms with Gasteiger partial charge in [0.25, 0.3) is 5.19 Å². The Labute approximate surface area is 177 Å². The van der Waals surface area contributed by atoms with Gasteiger partial charge in [-0.15, -0.1) is 4.91 Å². The molecule has 1 N–H and O–H groups in total. The Morgan fingerprint density at radius 3 is 2.83 bits per heavy atom. The monoisotopic (exact) mass is 420 g/mol. The lowest BCUT2D eigenvalue weighted by Gasteiger charge is -2.23. The van der Waals surface area contributed by atoms with E-state index in [2.05, 4.69) is 10.2 Å². The van der Waals surface area contributed by atoms with Crippen molar-refractivity contribution in [1.29, 1.82) is 0 Å². The summed E-state index contributed by atoms with van der Waals surface area (Å²) < 4.78 is 6.80. The largest absolute Gasteiger partial charge is 0.511 e. The van der Waals surface area contributed by atoms with Crippen molar-refractivity contribution in [3.05, 3.63) is 58.2 Å². The molecule has 1 fully saturated rings. The van der Waals surface area contributed by atoms with Gasteiger partial charge in [-0.05, 0) is 72.3 Å². The highest BCUT2D eigenvalue weighted by atomic mass is 32.1. The lowest BCUT2D eigenvalue weighted by molar-refractivity contribution is -0.117. The van der Waals surface area contributed by atoms with Crippen LogP contribution in [0.1, 0.15) is 37.3 Å². The average Bonchev–Trinajstić information content (AvgIpc) is 3.37. The van der Waals surface area contributed by atoms with Gasteiger partial charge >= 0.3 is 0 Å². The number of hydrogen-bond donors (Lipinski definition) is 1. The van der Waals surface area contributed by atoms with Gasteiger partial charge in [0.2, 0.25) is 0 Å². The third-order valence-corrected chi connectivity index (χ3v) is 6.98. The molecule has 1 saturated carbocycles. The predicted octanol–water partition coefficient (Wildman–Crippen LogP) is 6.32. The van der Waals surface area contributed by atoms with E-state index in [4.69, 9.17) is 4.74 Å². The smallest absolute Gasteiger partial charge is 0.279 e. The third kappa shape index (κ3) is 3.10. The molecule has 0 radical (unpaired) electrons. The molecule has 7 heteroatoms. The number of ether oxygens (including phenoxy) is 1. The van der Waals surface area contributed by atoms with Crippen molar-refractivity contribution in [3.8, 4) is 10.9 Å². The molecule has 5 rings (SSSR count). The lowest BCUT2D eigenvalue weighted by atomic mass is 9.81. The summed E-state index contributed by atoms with van der Waals surface area (Å²) in [4.78, 5) is 28.2. The molecule has 2 aliphatic rings. The highest BCUT2D eigenvalue weighted by molar-refractivity contribution is 7.20. The van der Waals surface area contributed by atoms with Crippen LogP contribution in [0.15, 0.2) is 47.3 Å². The van der Waals surface area contributed by atoms with Crippen molar-refractivity contribution in [1.82, 2.24) is 4.98 Å². The van der Waals surface area contributed by atoms with Crippen LogP contribution in [-0.4, -0.2) is 15.9 Å². The van der Waals surface area contributed by atoms with Crippen LogP contribution in [-0.2, 0) is 11.2 Å². The Hall–Kier alpha value is -3.06. The average molecular weight is 420 g/mol. The zero-order chi connectivity index (χ0) is 20.8. The summed E-state index contributed by atoms with van der Waals surface area (Å²) in [7, 11) is 0. The first-order valence-electron chi connectivity index (χ1n) is 10.1. The molecule has 2 atom stereocenters. The highest BCUT2D eigenvalue weighted by Gasteiger charge is 2.41. The summed E-state index contributed by atoms with van der Waals surface area (Å²) in [5, 5.41) is 14.2. The van der Waals surface area contributed by atoms with Crippen molar-refractivity contribution in [2.75, 3.05) is 0 Å². The fourth-order valence-electron chi connectivity index (χ4n) is 4.53. The van der Waals surface area contributed by atoms with Gasteiger partial charge in [-0.1, -0.05) is 24.3 Å². The maximum atomic E-state index is 13.0. The van der Waals surface area contributed by atoms with Gasteiger partial charge in [-0.2, -0.15) is 0 Å². The van der Waals surface area contributed by atoms with Crippen molar-refractivity contribution in [3.63, 3.8) is 0 Å². The number of aryl methyl sites for hydroxylation is 1. The molecule has 2 aromatic carbocycles. The first-order valence-corrected chi connectivity index (χ1v) is 10.9. The number of aromatic nitrogens is 1. The summed E-state index contributed by atoms with van der Waals surface area (Å²) in [6.07, 6.45) is 3.22. The van der Waals surface area contributed by atoms with Gasteiger partial charge in [0.15, 0.2) is 5.78 Å². The standard InChI is InChI=1S/C23H20N2O4S/c1-2-12-5-7-16(29-23-24-18-8-6-15(25-28)10-19(18)30-23)11-17(12)20-21(26)13-3-4-14(9-13)22(20)27/h5-8,10-11,13-14,26H,2-4,9H2,1H3/t13-,14+/m0/s1. The summed E-state index contributed by atoms with van der Waals surface area (Å²) in [5.74, 6) is 0.930. The topological polar surface area (TPSA) is 88.8 Å². The number of benzene rings is 2. The molecular formula is C23H20N2O4S. The van der Waals surface area contributed by atoms with Crippen LogP contribution in [0.4, 0.5) is 5.69 Å². The molecule has 3 aromatic rings. The van der Waals surface area contributed by atoms with E-state index in [1.54, 1.807) is 18.2 Å². The summed E-state index contributed by atoms with van der Waals surface area (Å²) >= 11 is 1.32. The molecule has 0 spiro atoms. The molecule has 1 heterocycles. The first kappa shape index (κ1) is 18.9. The molecule has 0 aliphatic heterocycles. The number of carbonyl (C=O) groups is 1. The van der Waals surface area contributed by atoms with E-state index < -0.39 is 0 Å². The van der Waals surface area contributed by atoms with E-state index in [9.17, 15) is 14.8 Å². The minimum Gasteiger partial charge on any atom is -0.511 e. The van der Waals surface area contributed by atoms with E-state index in [0.717, 1.165) is 47.0 Å². The second kappa shape index (κ2) is 7.32. The van der Waals surface area contributed by atoms with Crippen molar-refractivity contribution in [2.45, 2.75) is 32.6 Å². The normalized spacial score (nSPS) is 20.8. The molecule has 0 saturated heterocycles. The van der Waals surface area contributed by atoms with Crippen LogP contribution >= 0.6 is 11.3 Å². The van der Waals surface area contributed by atoms with Crippen LogP contribution in [0.5, 0.6) is 10.9 Å². The Morgan fingerprint density at radius 2 is 2.03 bits per heavy atom. The van der Waals surface area contributed by atoms with Crippen molar-refractivity contribution in [2.24, 2.45) is 17.0 Å². The number of carbonyl (C=O) groups excluding carboxylic acids is 1. The van der Waals surface area contributed by atoms with Gasteiger partial charge in [-0.3, -0.25) is 4.79 Å². The molecule has 30 heavy (non-hydrogen) atoms. The number of aliphatic hydroxyl groups is 1. The van der Waals surface area contributed by atoms with Crippen molar-refractivity contribution < 1.29 is 14.6 Å². The predicted molar refractivity (Wildman–Crippen MR) is 116 cm³/mol. The van der Waals surface area contributed by atoms with Gasteiger partial charge in [0.1, 0.15) is 17.2 Å². The van der Waals surface area contributed by atoms with Gasteiger partial charge < -0.3 is 9.84 Å². The minimum atomic E-state index is 0.0140. The molecule has 1 aromatic heterocycles. The quantitative estimate of drug-likeness (QED) is 0.488. The van der Waals surface area contributed by atoms with E-state index in [-0.39, 0.29) is 23.4 Å². The zero-order valence-corrected chi connectivity index (χ0v) is 17.2. The Kier molecular flexibility index (Phi) is 4.62. The number of nitroso groups, excluding NO2 is 1. The molecule has 2 bridgehead atoms. The number of ketones is 1. The van der Waals surface area contributed by atoms with Gasteiger partial charge in [-0.25, -0.2) is 4.98 Å². The Bertz CT molecular complexity index is 1210. The van der Waals surface area contributed by atoms with Crippen LogP contribution in [0, 0.1) is 16.7 Å². The fraction of sp³-hybridized carbons (Fsp3) is 0.304. The van der Waals surface area contributed by atoms with Crippen molar-refractivity contribution >= 4 is 38.6 Å². The number of nitrogens with zero attached hydrogens (tertiary/aromatic N) is 2. The van der Waals surface area contributed by atoms with Crippen LogP contribution in [0.3, 0.4) is 0 Å². The first-order chi connectivity index (χ1) is 14.6. The molecule has 6 nitrogen and oxygen atoms in total. The van der Waals surface area contributed by atoms with E-state index in [1.807, 2.05) is 25.1 Å². The van der Waals surface area contributed by atoms with E-state index >= 15 is 0 Å². The molecular weight excluding hydrogens is 400 g/mol. The van der Waals surface area contributed by atoms with Crippen LogP contribution in [0.2, 0.25) is 0 Å². The number of aliphatic hydroxyl groups excluding tert-OH is 1. The number of hydrogen-bond acceptors (Lipinski definition) is 7. The summed E-state index contributed by atoms with van der Waals surface area (Å²) in [5.41, 5.74) is 3.29. The Balaban J connectivity index is 1.53. The lowest BCUT2D eigenvalue weighted by Crippen LogP contribution is -2.21. The molecule has 2 aliphatic carbocycles. The molecule has 0 unspecified atom stereocenters. The second-order valence-electron chi connectivity index (χ2n) is 7.83. The van der Waals surface area contributed by atoms with Crippen LogP contribution in [0.25, 0.3) is 15.8 Å². The number of allylic oxidation sites excluding steroid dienone is 2. The number of thiazole rings is 1. The zero-order valence-electron chi connectivity index (χ0n) is 16.4. The minimum absolute atomic E-state index is 0.0140. The molecule has 152 valence electrons. The van der Waals surface area contributed by atoms with E-state index in [1.165, 1.54) is 11.3 Å². The van der Waals surface area contributed by atoms with Crippen LogP contribution < -0.4 is 4.74 Å². The second-order valence-corrected chi connectivity index (χ2v) is 8.82. The highest BCUT2D eigenvalue weighted by Crippen LogP contribution is 2.46. The number of fused-ring (bicyclic) bond motifs is 3.